The highest BCUT2D eigenvalue weighted by Gasteiger charge is 2.19. The maximum Gasteiger partial charge on any atom is 0.306 e. The number of amides is 1. The first-order chi connectivity index (χ1) is 9.73. The minimum Gasteiger partial charge on any atom is -0.460 e. The van der Waals surface area contributed by atoms with E-state index in [1.54, 1.807) is 39.8 Å². The molecule has 0 spiro atoms. The molecule has 0 saturated heterocycles. The monoisotopic (exact) mass is 295 g/mol. The molecule has 0 aliphatic heterocycles. The predicted molar refractivity (Wildman–Crippen MR) is 79.5 cm³/mol. The number of benzene rings is 1. The molecule has 0 aliphatic rings. The Kier molecular flexibility index (Phi) is 5.88. The summed E-state index contributed by atoms with van der Waals surface area (Å²) in [5.74, 6) is -1.04. The van der Waals surface area contributed by atoms with Gasteiger partial charge in [-0.15, -0.1) is 0 Å². The zero-order chi connectivity index (χ0) is 16.0. The van der Waals surface area contributed by atoms with Crippen LogP contribution >= 0.6 is 0 Å². The molecule has 0 aromatic heterocycles. The molecule has 0 heterocycles. The standard InChI is InChI=1S/C16H22FNO3/c1-5-18(13-8-6-7-12(17)11-13)14(19)9-10-15(20)21-16(2,3)4/h6-8,11H,5,9-10H2,1-4H3. The third-order valence-corrected chi connectivity index (χ3v) is 2.70. The largest absolute Gasteiger partial charge is 0.460 e. The van der Waals surface area contributed by atoms with Gasteiger partial charge in [0.2, 0.25) is 5.91 Å². The lowest BCUT2D eigenvalue weighted by Crippen LogP contribution is -2.31. The van der Waals surface area contributed by atoms with Crippen LogP contribution in [-0.2, 0) is 14.3 Å². The van der Waals surface area contributed by atoms with Gasteiger partial charge in [0.25, 0.3) is 0 Å². The second-order valence-electron chi connectivity index (χ2n) is 5.70. The van der Waals surface area contributed by atoms with Crippen molar-refractivity contribution in [2.75, 3.05) is 11.4 Å². The lowest BCUT2D eigenvalue weighted by Gasteiger charge is -2.22. The molecule has 0 bridgehead atoms. The van der Waals surface area contributed by atoms with Gasteiger partial charge in [-0.1, -0.05) is 6.07 Å². The lowest BCUT2D eigenvalue weighted by atomic mass is 10.2. The first-order valence-corrected chi connectivity index (χ1v) is 7.00. The zero-order valence-corrected chi connectivity index (χ0v) is 13.0. The fourth-order valence-electron chi connectivity index (χ4n) is 1.88. The first-order valence-electron chi connectivity index (χ1n) is 7.00. The van der Waals surface area contributed by atoms with Gasteiger partial charge in [-0.2, -0.15) is 0 Å². The molecule has 0 N–H and O–H groups in total. The lowest BCUT2D eigenvalue weighted by molar-refractivity contribution is -0.155. The van der Waals surface area contributed by atoms with E-state index in [2.05, 4.69) is 0 Å². The van der Waals surface area contributed by atoms with Crippen LogP contribution in [0, 0.1) is 5.82 Å². The quantitative estimate of drug-likeness (QED) is 0.783. The van der Waals surface area contributed by atoms with Gasteiger partial charge in [-0.25, -0.2) is 4.39 Å². The fraction of sp³-hybridized carbons (Fsp3) is 0.500. The number of hydrogen-bond acceptors (Lipinski definition) is 3. The topological polar surface area (TPSA) is 46.6 Å². The van der Waals surface area contributed by atoms with Crippen molar-refractivity contribution in [1.29, 1.82) is 0 Å². The maximum absolute atomic E-state index is 13.2. The van der Waals surface area contributed by atoms with Crippen LogP contribution in [0.5, 0.6) is 0 Å². The molecule has 1 rings (SSSR count). The van der Waals surface area contributed by atoms with Crippen molar-refractivity contribution in [3.63, 3.8) is 0 Å². The molecule has 5 heteroatoms. The summed E-state index contributed by atoms with van der Waals surface area (Å²) >= 11 is 0. The highest BCUT2D eigenvalue weighted by atomic mass is 19.1. The number of anilines is 1. The summed E-state index contributed by atoms with van der Waals surface area (Å²) in [5, 5.41) is 0. The van der Waals surface area contributed by atoms with E-state index in [0.29, 0.717) is 12.2 Å². The van der Waals surface area contributed by atoms with E-state index < -0.39 is 17.4 Å². The third-order valence-electron chi connectivity index (χ3n) is 2.70. The Bertz CT molecular complexity index is 508. The van der Waals surface area contributed by atoms with E-state index in [-0.39, 0.29) is 18.7 Å². The van der Waals surface area contributed by atoms with Crippen LogP contribution in [0.25, 0.3) is 0 Å². The van der Waals surface area contributed by atoms with Crippen LogP contribution in [0.4, 0.5) is 10.1 Å². The van der Waals surface area contributed by atoms with Gasteiger partial charge in [0, 0.05) is 18.7 Å². The van der Waals surface area contributed by atoms with E-state index in [0.717, 1.165) is 0 Å². The number of carbonyl (C=O) groups excluding carboxylic acids is 2. The van der Waals surface area contributed by atoms with Gasteiger partial charge in [-0.3, -0.25) is 9.59 Å². The summed E-state index contributed by atoms with van der Waals surface area (Å²) in [7, 11) is 0. The number of halogens is 1. The van der Waals surface area contributed by atoms with Crippen molar-refractivity contribution in [2.24, 2.45) is 0 Å². The summed E-state index contributed by atoms with van der Waals surface area (Å²) in [6, 6.07) is 5.84. The SMILES string of the molecule is CCN(C(=O)CCC(=O)OC(C)(C)C)c1cccc(F)c1. The summed E-state index contributed by atoms with van der Waals surface area (Å²) in [5.41, 5.74) is -0.0701. The Labute approximate surface area is 124 Å². The van der Waals surface area contributed by atoms with Crippen molar-refractivity contribution in [1.82, 2.24) is 0 Å². The highest BCUT2D eigenvalue weighted by molar-refractivity contribution is 5.94. The smallest absolute Gasteiger partial charge is 0.306 e. The molecule has 0 radical (unpaired) electrons. The third kappa shape index (κ3) is 5.94. The van der Waals surface area contributed by atoms with Crippen LogP contribution in [0.2, 0.25) is 0 Å². The average molecular weight is 295 g/mol. The molecule has 0 unspecified atom stereocenters. The maximum atomic E-state index is 13.2. The Morgan fingerprint density at radius 2 is 1.90 bits per heavy atom. The van der Waals surface area contributed by atoms with E-state index in [1.807, 2.05) is 0 Å². The fourth-order valence-corrected chi connectivity index (χ4v) is 1.88. The molecule has 0 aliphatic carbocycles. The normalized spacial score (nSPS) is 11.1. The number of ether oxygens (including phenoxy) is 1. The summed E-state index contributed by atoms with van der Waals surface area (Å²) in [4.78, 5) is 25.2. The second-order valence-corrected chi connectivity index (χ2v) is 5.70. The Morgan fingerprint density at radius 3 is 2.43 bits per heavy atom. The minimum absolute atomic E-state index is 0.0158. The number of nitrogens with zero attached hydrogens (tertiary/aromatic N) is 1. The molecule has 0 fully saturated rings. The molecule has 1 aromatic carbocycles. The van der Waals surface area contributed by atoms with Crippen LogP contribution in [0.15, 0.2) is 24.3 Å². The Balaban J connectivity index is 2.62. The molecule has 1 aromatic rings. The van der Waals surface area contributed by atoms with E-state index in [4.69, 9.17) is 4.74 Å². The van der Waals surface area contributed by atoms with Gasteiger partial charge >= 0.3 is 5.97 Å². The van der Waals surface area contributed by atoms with Crippen molar-refractivity contribution >= 4 is 17.6 Å². The molecule has 1 amide bonds. The van der Waals surface area contributed by atoms with E-state index in [1.165, 1.54) is 17.0 Å². The van der Waals surface area contributed by atoms with Crippen LogP contribution in [0.1, 0.15) is 40.5 Å². The second kappa shape index (κ2) is 7.20. The van der Waals surface area contributed by atoms with Gasteiger partial charge in [0.1, 0.15) is 11.4 Å². The Morgan fingerprint density at radius 1 is 1.24 bits per heavy atom. The van der Waals surface area contributed by atoms with E-state index >= 15 is 0 Å². The number of esters is 1. The number of hydrogen-bond donors (Lipinski definition) is 0. The van der Waals surface area contributed by atoms with Crippen molar-refractivity contribution in [3.8, 4) is 0 Å². The molecule has 4 nitrogen and oxygen atoms in total. The van der Waals surface area contributed by atoms with E-state index in [9.17, 15) is 14.0 Å². The molecular formula is C16H22FNO3. The number of carbonyl (C=O) groups is 2. The molecule has 116 valence electrons. The van der Waals surface area contributed by atoms with Gasteiger partial charge < -0.3 is 9.64 Å². The molecule has 21 heavy (non-hydrogen) atoms. The van der Waals surface area contributed by atoms with Crippen LogP contribution in [-0.4, -0.2) is 24.0 Å². The van der Waals surface area contributed by atoms with Gasteiger partial charge in [0.15, 0.2) is 0 Å². The van der Waals surface area contributed by atoms with Gasteiger partial charge in [-0.05, 0) is 45.9 Å². The molecule has 0 saturated carbocycles. The Hall–Kier alpha value is -1.91. The van der Waals surface area contributed by atoms with Crippen LogP contribution < -0.4 is 4.90 Å². The molecule has 0 atom stereocenters. The highest BCUT2D eigenvalue weighted by Crippen LogP contribution is 2.17. The summed E-state index contributed by atoms with van der Waals surface area (Å²) in [6.45, 7) is 7.54. The summed E-state index contributed by atoms with van der Waals surface area (Å²) in [6.07, 6.45) is 0.0567. The zero-order valence-electron chi connectivity index (χ0n) is 13.0. The van der Waals surface area contributed by atoms with Gasteiger partial charge in [0.05, 0.1) is 6.42 Å². The average Bonchev–Trinajstić information content (AvgIpc) is 2.35. The predicted octanol–water partition coefficient (Wildman–Crippen LogP) is 3.30. The first kappa shape index (κ1) is 17.1. The van der Waals surface area contributed by atoms with Crippen molar-refractivity contribution in [2.45, 2.75) is 46.1 Å². The van der Waals surface area contributed by atoms with Crippen molar-refractivity contribution in [3.05, 3.63) is 30.1 Å². The van der Waals surface area contributed by atoms with Crippen LogP contribution in [0.3, 0.4) is 0 Å². The number of rotatable bonds is 5. The molecular weight excluding hydrogens is 273 g/mol. The summed E-state index contributed by atoms with van der Waals surface area (Å²) < 4.78 is 18.4. The minimum atomic E-state index is -0.562. The van der Waals surface area contributed by atoms with Crippen molar-refractivity contribution < 1.29 is 18.7 Å².